The van der Waals surface area contributed by atoms with Crippen molar-refractivity contribution in [3.8, 4) is 0 Å². The predicted molar refractivity (Wildman–Crippen MR) is 73.4 cm³/mol. The Kier molecular flexibility index (Phi) is 4.26. The van der Waals surface area contributed by atoms with Crippen molar-refractivity contribution in [2.24, 2.45) is 0 Å². The summed E-state index contributed by atoms with van der Waals surface area (Å²) >= 11 is 9.44. The SMILES string of the molecule is CCNC(c1cccc(Cl)c1)c1ccoc1Br. The van der Waals surface area contributed by atoms with E-state index in [0.717, 1.165) is 27.4 Å². The number of hydrogen-bond donors (Lipinski definition) is 1. The van der Waals surface area contributed by atoms with Crippen LogP contribution >= 0.6 is 27.5 Å². The smallest absolute Gasteiger partial charge is 0.174 e. The lowest BCUT2D eigenvalue weighted by molar-refractivity contribution is 0.526. The summed E-state index contributed by atoms with van der Waals surface area (Å²) in [5.41, 5.74) is 2.20. The van der Waals surface area contributed by atoms with E-state index in [-0.39, 0.29) is 6.04 Å². The van der Waals surface area contributed by atoms with Crippen LogP contribution in [-0.2, 0) is 0 Å². The number of rotatable bonds is 4. The minimum Gasteiger partial charge on any atom is -0.457 e. The van der Waals surface area contributed by atoms with E-state index in [1.807, 2.05) is 24.3 Å². The van der Waals surface area contributed by atoms with E-state index in [1.54, 1.807) is 6.26 Å². The monoisotopic (exact) mass is 313 g/mol. The van der Waals surface area contributed by atoms with E-state index in [1.165, 1.54) is 0 Å². The van der Waals surface area contributed by atoms with Crippen molar-refractivity contribution in [1.29, 1.82) is 0 Å². The number of hydrogen-bond acceptors (Lipinski definition) is 2. The van der Waals surface area contributed by atoms with Crippen LogP contribution in [0.5, 0.6) is 0 Å². The molecular formula is C13H13BrClNO. The van der Waals surface area contributed by atoms with E-state index >= 15 is 0 Å². The number of halogens is 2. The Morgan fingerprint density at radius 2 is 2.24 bits per heavy atom. The third kappa shape index (κ3) is 2.92. The van der Waals surface area contributed by atoms with Gasteiger partial charge in [0.1, 0.15) is 0 Å². The van der Waals surface area contributed by atoms with Crippen LogP contribution in [0.2, 0.25) is 5.02 Å². The number of benzene rings is 1. The fraction of sp³-hybridized carbons (Fsp3) is 0.231. The van der Waals surface area contributed by atoms with Gasteiger partial charge in [0.15, 0.2) is 4.67 Å². The van der Waals surface area contributed by atoms with Crippen molar-refractivity contribution in [2.75, 3.05) is 6.54 Å². The molecule has 0 fully saturated rings. The summed E-state index contributed by atoms with van der Waals surface area (Å²) in [6.07, 6.45) is 1.67. The molecule has 2 rings (SSSR count). The van der Waals surface area contributed by atoms with Gasteiger partial charge in [-0.2, -0.15) is 0 Å². The van der Waals surface area contributed by atoms with Gasteiger partial charge in [0.25, 0.3) is 0 Å². The summed E-state index contributed by atoms with van der Waals surface area (Å²) in [6, 6.07) is 9.89. The molecule has 0 saturated carbocycles. The maximum atomic E-state index is 6.03. The van der Waals surface area contributed by atoms with Crippen LogP contribution in [0.1, 0.15) is 24.1 Å². The first kappa shape index (κ1) is 12.7. The van der Waals surface area contributed by atoms with Gasteiger partial charge in [0.2, 0.25) is 0 Å². The Balaban J connectivity index is 2.39. The van der Waals surface area contributed by atoms with Crippen LogP contribution in [0, 0.1) is 0 Å². The summed E-state index contributed by atoms with van der Waals surface area (Å²) in [7, 11) is 0. The highest BCUT2D eigenvalue weighted by molar-refractivity contribution is 9.10. The molecule has 1 N–H and O–H groups in total. The molecule has 0 bridgehead atoms. The Morgan fingerprint density at radius 3 is 2.82 bits per heavy atom. The second kappa shape index (κ2) is 5.71. The summed E-state index contributed by atoms with van der Waals surface area (Å²) < 4.78 is 6.04. The average molecular weight is 315 g/mol. The second-order valence-corrected chi connectivity index (χ2v) is 4.85. The van der Waals surface area contributed by atoms with E-state index < -0.39 is 0 Å². The topological polar surface area (TPSA) is 25.2 Å². The third-order valence-electron chi connectivity index (χ3n) is 2.55. The lowest BCUT2D eigenvalue weighted by atomic mass is 10.0. The average Bonchev–Trinajstić information content (AvgIpc) is 2.72. The first-order chi connectivity index (χ1) is 8.22. The molecule has 0 spiro atoms. The first-order valence-corrected chi connectivity index (χ1v) is 6.61. The highest BCUT2D eigenvalue weighted by Gasteiger charge is 2.17. The van der Waals surface area contributed by atoms with Gasteiger partial charge in [-0.1, -0.05) is 30.7 Å². The van der Waals surface area contributed by atoms with E-state index in [0.29, 0.717) is 0 Å². The molecular weight excluding hydrogens is 302 g/mol. The number of nitrogens with one attached hydrogen (secondary N) is 1. The van der Waals surface area contributed by atoms with Gasteiger partial charge in [0.05, 0.1) is 12.3 Å². The highest BCUT2D eigenvalue weighted by atomic mass is 79.9. The van der Waals surface area contributed by atoms with Crippen molar-refractivity contribution >= 4 is 27.5 Å². The minimum atomic E-state index is 0.0897. The molecule has 0 aliphatic carbocycles. The predicted octanol–water partition coefficient (Wildman–Crippen LogP) is 4.39. The van der Waals surface area contributed by atoms with Gasteiger partial charge >= 0.3 is 0 Å². The molecule has 90 valence electrons. The standard InChI is InChI=1S/C13H13BrClNO/c1-2-16-12(11-6-7-17-13(11)14)9-4-3-5-10(15)8-9/h3-8,12,16H,2H2,1H3. The van der Waals surface area contributed by atoms with Crippen LogP contribution < -0.4 is 5.32 Å². The summed E-state index contributed by atoms with van der Waals surface area (Å²) in [6.45, 7) is 2.94. The van der Waals surface area contributed by atoms with Crippen LogP contribution in [0.3, 0.4) is 0 Å². The Morgan fingerprint density at radius 1 is 1.41 bits per heavy atom. The molecule has 4 heteroatoms. The molecule has 1 unspecified atom stereocenters. The normalized spacial score (nSPS) is 12.6. The zero-order valence-corrected chi connectivity index (χ0v) is 11.8. The lowest BCUT2D eigenvalue weighted by Gasteiger charge is -2.17. The Hall–Kier alpha value is -0.770. The first-order valence-electron chi connectivity index (χ1n) is 5.44. The molecule has 17 heavy (non-hydrogen) atoms. The van der Waals surface area contributed by atoms with Crippen molar-refractivity contribution in [1.82, 2.24) is 5.32 Å². The second-order valence-electron chi connectivity index (χ2n) is 3.70. The van der Waals surface area contributed by atoms with Crippen molar-refractivity contribution in [3.63, 3.8) is 0 Å². The summed E-state index contributed by atoms with van der Waals surface area (Å²) in [5.74, 6) is 0. The number of furan rings is 1. The van der Waals surface area contributed by atoms with Gasteiger partial charge in [-0.3, -0.25) is 0 Å². The molecule has 1 atom stereocenters. The molecule has 0 radical (unpaired) electrons. The zero-order valence-electron chi connectivity index (χ0n) is 9.41. The molecule has 1 aromatic carbocycles. The van der Waals surface area contributed by atoms with E-state index in [4.69, 9.17) is 16.0 Å². The Bertz CT molecular complexity index is 498. The molecule has 2 nitrogen and oxygen atoms in total. The molecule has 1 aromatic heterocycles. The van der Waals surface area contributed by atoms with Crippen LogP contribution in [0.15, 0.2) is 45.7 Å². The van der Waals surface area contributed by atoms with Crippen molar-refractivity contribution < 1.29 is 4.42 Å². The molecule has 0 aliphatic heterocycles. The highest BCUT2D eigenvalue weighted by Crippen LogP contribution is 2.30. The molecule has 0 amide bonds. The zero-order chi connectivity index (χ0) is 12.3. The summed E-state index contributed by atoms with van der Waals surface area (Å²) in [4.78, 5) is 0. The minimum absolute atomic E-state index is 0.0897. The van der Waals surface area contributed by atoms with Gasteiger partial charge in [0, 0.05) is 10.6 Å². The lowest BCUT2D eigenvalue weighted by Crippen LogP contribution is -2.21. The Labute approximate surface area is 114 Å². The van der Waals surface area contributed by atoms with Gasteiger partial charge in [-0.25, -0.2) is 0 Å². The maximum Gasteiger partial charge on any atom is 0.174 e. The van der Waals surface area contributed by atoms with Crippen molar-refractivity contribution in [2.45, 2.75) is 13.0 Å². The fourth-order valence-electron chi connectivity index (χ4n) is 1.81. The quantitative estimate of drug-likeness (QED) is 0.905. The molecule has 2 aromatic rings. The van der Waals surface area contributed by atoms with Gasteiger partial charge < -0.3 is 9.73 Å². The van der Waals surface area contributed by atoms with Gasteiger partial charge in [-0.05, 0) is 46.2 Å². The molecule has 0 aliphatic rings. The third-order valence-corrected chi connectivity index (χ3v) is 3.43. The van der Waals surface area contributed by atoms with E-state index in [2.05, 4.69) is 34.2 Å². The van der Waals surface area contributed by atoms with Crippen LogP contribution in [0.4, 0.5) is 0 Å². The van der Waals surface area contributed by atoms with Crippen LogP contribution in [-0.4, -0.2) is 6.54 Å². The summed E-state index contributed by atoms with van der Waals surface area (Å²) in [5, 5.41) is 4.16. The molecule has 0 saturated heterocycles. The van der Waals surface area contributed by atoms with Crippen LogP contribution in [0.25, 0.3) is 0 Å². The van der Waals surface area contributed by atoms with Crippen molar-refractivity contribution in [3.05, 3.63) is 57.4 Å². The largest absolute Gasteiger partial charge is 0.457 e. The van der Waals surface area contributed by atoms with Gasteiger partial charge in [-0.15, -0.1) is 0 Å². The maximum absolute atomic E-state index is 6.03. The van der Waals surface area contributed by atoms with E-state index in [9.17, 15) is 0 Å². The fourth-order valence-corrected chi connectivity index (χ4v) is 2.48. The molecule has 1 heterocycles.